The Bertz CT molecular complexity index is 701. The number of piperazine rings is 1. The maximum absolute atomic E-state index is 12.0. The first-order valence-corrected chi connectivity index (χ1v) is 8.89. The van der Waals surface area contributed by atoms with Gasteiger partial charge in [-0.15, -0.1) is 0 Å². The second-order valence-corrected chi connectivity index (χ2v) is 6.63. The molecule has 8 nitrogen and oxygen atoms in total. The molecule has 0 radical (unpaired) electrons. The Morgan fingerprint density at radius 2 is 1.72 bits per heavy atom. The SMILES string of the molecule is CCCCNC(=O)CN1CCN(Cc2cc(=O)n(C)c(=O)n2C)CC1. The van der Waals surface area contributed by atoms with Crippen LogP contribution >= 0.6 is 0 Å². The van der Waals surface area contributed by atoms with E-state index in [0.717, 1.165) is 55.8 Å². The summed E-state index contributed by atoms with van der Waals surface area (Å²) in [4.78, 5) is 40.0. The average Bonchev–Trinajstić information content (AvgIpc) is 2.59. The van der Waals surface area contributed by atoms with Gasteiger partial charge in [0.25, 0.3) is 5.56 Å². The van der Waals surface area contributed by atoms with Crippen molar-refractivity contribution >= 4 is 5.91 Å². The highest BCUT2D eigenvalue weighted by molar-refractivity contribution is 5.77. The van der Waals surface area contributed by atoms with Crippen molar-refractivity contribution in [2.24, 2.45) is 14.1 Å². The Hall–Kier alpha value is -1.93. The van der Waals surface area contributed by atoms with Crippen LogP contribution in [0.25, 0.3) is 0 Å². The van der Waals surface area contributed by atoms with Crippen molar-refractivity contribution < 1.29 is 4.79 Å². The molecule has 1 aromatic rings. The lowest BCUT2D eigenvalue weighted by Gasteiger charge is -2.34. The molecule has 0 spiro atoms. The Balaban J connectivity index is 1.84. The van der Waals surface area contributed by atoms with Crippen molar-refractivity contribution in [2.45, 2.75) is 26.3 Å². The topological polar surface area (TPSA) is 79.6 Å². The summed E-state index contributed by atoms with van der Waals surface area (Å²) in [5.41, 5.74) is 0.143. The standard InChI is InChI=1S/C17H29N5O3/c1-4-5-6-18-15(23)13-22-9-7-21(8-10-22)12-14-11-16(24)20(3)17(25)19(14)2/h11H,4-10,12-13H2,1-3H3,(H,18,23). The van der Waals surface area contributed by atoms with Crippen molar-refractivity contribution in [3.63, 3.8) is 0 Å². The number of rotatable bonds is 7. The fraction of sp³-hybridized carbons (Fsp3) is 0.706. The molecule has 25 heavy (non-hydrogen) atoms. The lowest BCUT2D eigenvalue weighted by molar-refractivity contribution is -0.122. The van der Waals surface area contributed by atoms with Gasteiger partial charge in [-0.2, -0.15) is 0 Å². The van der Waals surface area contributed by atoms with Gasteiger partial charge in [0, 0.05) is 65.1 Å². The number of hydrogen-bond acceptors (Lipinski definition) is 5. The average molecular weight is 351 g/mol. The molecule has 0 unspecified atom stereocenters. The minimum Gasteiger partial charge on any atom is -0.355 e. The van der Waals surface area contributed by atoms with Gasteiger partial charge in [0.15, 0.2) is 0 Å². The minimum atomic E-state index is -0.301. The molecule has 1 fully saturated rings. The maximum Gasteiger partial charge on any atom is 0.330 e. The van der Waals surface area contributed by atoms with Gasteiger partial charge in [-0.3, -0.25) is 28.5 Å². The summed E-state index contributed by atoms with van der Waals surface area (Å²) < 4.78 is 2.63. The Kier molecular flexibility index (Phi) is 6.95. The Morgan fingerprint density at radius 3 is 2.36 bits per heavy atom. The van der Waals surface area contributed by atoms with Crippen molar-refractivity contribution in [1.82, 2.24) is 24.3 Å². The van der Waals surface area contributed by atoms with Crippen molar-refractivity contribution in [3.05, 3.63) is 32.6 Å². The predicted octanol–water partition coefficient (Wildman–Crippen LogP) is -0.882. The van der Waals surface area contributed by atoms with Gasteiger partial charge in [-0.1, -0.05) is 13.3 Å². The van der Waals surface area contributed by atoms with Gasteiger partial charge in [-0.25, -0.2) is 4.79 Å². The summed E-state index contributed by atoms with van der Waals surface area (Å²) >= 11 is 0. The zero-order chi connectivity index (χ0) is 18.4. The lowest BCUT2D eigenvalue weighted by atomic mass is 10.2. The highest BCUT2D eigenvalue weighted by Crippen LogP contribution is 2.06. The van der Waals surface area contributed by atoms with E-state index in [1.807, 2.05) is 0 Å². The molecule has 8 heteroatoms. The smallest absolute Gasteiger partial charge is 0.330 e. The van der Waals surface area contributed by atoms with E-state index in [1.165, 1.54) is 17.7 Å². The molecule has 1 saturated heterocycles. The number of amides is 1. The fourth-order valence-electron chi connectivity index (χ4n) is 2.93. The molecule has 0 saturated carbocycles. The number of unbranched alkanes of at least 4 members (excludes halogenated alkanes) is 1. The third-order valence-electron chi connectivity index (χ3n) is 4.70. The summed E-state index contributed by atoms with van der Waals surface area (Å²) in [6, 6.07) is 1.52. The summed E-state index contributed by atoms with van der Waals surface area (Å²) in [7, 11) is 3.17. The first-order chi connectivity index (χ1) is 11.9. The van der Waals surface area contributed by atoms with Crippen molar-refractivity contribution in [2.75, 3.05) is 39.3 Å². The maximum atomic E-state index is 12.0. The first kappa shape index (κ1) is 19.4. The number of aromatic nitrogens is 2. The summed E-state index contributed by atoms with van der Waals surface area (Å²) in [6.07, 6.45) is 2.08. The second-order valence-electron chi connectivity index (χ2n) is 6.63. The number of carbonyl (C=O) groups excluding carboxylic acids is 1. The minimum absolute atomic E-state index is 0.0795. The molecule has 1 aliphatic heterocycles. The molecule has 1 N–H and O–H groups in total. The van der Waals surface area contributed by atoms with Gasteiger partial charge >= 0.3 is 5.69 Å². The molecule has 1 amide bonds. The zero-order valence-electron chi connectivity index (χ0n) is 15.5. The van der Waals surface area contributed by atoms with Crippen LogP contribution in [0.3, 0.4) is 0 Å². The molecule has 2 heterocycles. The molecular formula is C17H29N5O3. The van der Waals surface area contributed by atoms with Crippen molar-refractivity contribution in [3.8, 4) is 0 Å². The third-order valence-corrected chi connectivity index (χ3v) is 4.70. The lowest BCUT2D eigenvalue weighted by Crippen LogP contribution is -2.49. The Labute approximate surface area is 148 Å². The van der Waals surface area contributed by atoms with E-state index in [9.17, 15) is 14.4 Å². The number of hydrogen-bond donors (Lipinski definition) is 1. The molecule has 1 aromatic heterocycles. The van der Waals surface area contributed by atoms with Gasteiger partial charge in [0.05, 0.1) is 6.54 Å². The van der Waals surface area contributed by atoms with E-state index in [-0.39, 0.29) is 17.2 Å². The molecule has 0 aromatic carbocycles. The van der Waals surface area contributed by atoms with Crippen LogP contribution in [-0.2, 0) is 25.4 Å². The monoisotopic (exact) mass is 351 g/mol. The van der Waals surface area contributed by atoms with E-state index in [2.05, 4.69) is 22.0 Å². The molecule has 140 valence electrons. The van der Waals surface area contributed by atoms with Gasteiger partial charge in [0.1, 0.15) is 0 Å². The highest BCUT2D eigenvalue weighted by Gasteiger charge is 2.20. The number of nitrogens with zero attached hydrogens (tertiary/aromatic N) is 4. The van der Waals surface area contributed by atoms with Crippen molar-refractivity contribution in [1.29, 1.82) is 0 Å². The molecule has 0 bridgehead atoms. The molecule has 2 rings (SSSR count). The van der Waals surface area contributed by atoms with E-state index < -0.39 is 0 Å². The quantitative estimate of drug-likeness (QED) is 0.645. The van der Waals surface area contributed by atoms with Crippen LogP contribution in [0.5, 0.6) is 0 Å². The number of nitrogens with one attached hydrogen (secondary N) is 1. The summed E-state index contributed by atoms with van der Waals surface area (Å²) in [5, 5.41) is 2.94. The molecule has 0 atom stereocenters. The van der Waals surface area contributed by atoms with Crippen LogP contribution in [0, 0.1) is 0 Å². The van der Waals surface area contributed by atoms with Crippen LogP contribution in [0.1, 0.15) is 25.5 Å². The first-order valence-electron chi connectivity index (χ1n) is 8.89. The van der Waals surface area contributed by atoms with Crippen LogP contribution in [-0.4, -0.2) is 64.1 Å². The predicted molar refractivity (Wildman–Crippen MR) is 96.6 cm³/mol. The van der Waals surface area contributed by atoms with Gasteiger partial charge in [-0.05, 0) is 6.42 Å². The normalized spacial score (nSPS) is 16.1. The summed E-state index contributed by atoms with van der Waals surface area (Å²) in [5.74, 6) is 0.0795. The zero-order valence-corrected chi connectivity index (χ0v) is 15.5. The van der Waals surface area contributed by atoms with Gasteiger partial charge in [0.2, 0.25) is 5.91 Å². The van der Waals surface area contributed by atoms with E-state index in [4.69, 9.17) is 0 Å². The molecular weight excluding hydrogens is 322 g/mol. The van der Waals surface area contributed by atoms with Gasteiger partial charge < -0.3 is 5.32 Å². The van der Waals surface area contributed by atoms with E-state index in [0.29, 0.717) is 13.1 Å². The fourth-order valence-corrected chi connectivity index (χ4v) is 2.93. The summed E-state index contributed by atoms with van der Waals surface area (Å²) in [6.45, 7) is 7.08. The van der Waals surface area contributed by atoms with Crippen LogP contribution < -0.4 is 16.6 Å². The van der Waals surface area contributed by atoms with E-state index in [1.54, 1.807) is 7.05 Å². The number of carbonyl (C=O) groups is 1. The highest BCUT2D eigenvalue weighted by atomic mass is 16.2. The molecule has 0 aliphatic carbocycles. The van der Waals surface area contributed by atoms with Crippen LogP contribution in [0.4, 0.5) is 0 Å². The second kappa shape index (κ2) is 8.96. The third kappa shape index (κ3) is 5.27. The Morgan fingerprint density at radius 1 is 1.08 bits per heavy atom. The van der Waals surface area contributed by atoms with Crippen LogP contribution in [0.2, 0.25) is 0 Å². The molecule has 1 aliphatic rings. The van der Waals surface area contributed by atoms with E-state index >= 15 is 0 Å². The largest absolute Gasteiger partial charge is 0.355 e. The van der Waals surface area contributed by atoms with Crippen LogP contribution in [0.15, 0.2) is 15.7 Å².